The van der Waals surface area contributed by atoms with E-state index in [9.17, 15) is 22.8 Å². The quantitative estimate of drug-likeness (QED) is 0.755. The summed E-state index contributed by atoms with van der Waals surface area (Å²) in [5.74, 6) is -0.915. The largest absolute Gasteiger partial charge is 0.468 e. The van der Waals surface area contributed by atoms with E-state index in [0.29, 0.717) is 12.1 Å². The fourth-order valence-corrected chi connectivity index (χ4v) is 3.58. The van der Waals surface area contributed by atoms with Crippen molar-refractivity contribution < 1.29 is 27.5 Å². The number of methoxy groups -OCH3 is 1. The van der Waals surface area contributed by atoms with E-state index in [1.54, 1.807) is 11.0 Å². The molecular weight excluding hydrogens is 397 g/mol. The lowest BCUT2D eigenvalue weighted by molar-refractivity contribution is -0.146. The Morgan fingerprint density at radius 1 is 1.39 bits per heavy atom. The number of alkyl halides is 3. The third-order valence-corrected chi connectivity index (χ3v) is 4.92. The number of benzene rings is 1. The van der Waals surface area contributed by atoms with E-state index >= 15 is 0 Å². The van der Waals surface area contributed by atoms with Gasteiger partial charge in [0.2, 0.25) is 0 Å². The number of likely N-dealkylation sites (tertiary alicyclic amines) is 1. The number of halogens is 3. The zero-order valence-electron chi connectivity index (χ0n) is 14.8. The molecule has 11 heteroatoms. The minimum absolute atomic E-state index is 0.119. The number of nitrogens with zero attached hydrogens (tertiary/aromatic N) is 3. The molecule has 2 atom stereocenters. The first-order chi connectivity index (χ1) is 13.3. The Morgan fingerprint density at radius 2 is 2.18 bits per heavy atom. The highest BCUT2D eigenvalue weighted by molar-refractivity contribution is 6.99. The molecule has 0 radical (unpaired) electrons. The molecule has 1 aromatic carbocycles. The van der Waals surface area contributed by atoms with Gasteiger partial charge in [-0.2, -0.15) is 21.9 Å². The van der Waals surface area contributed by atoms with E-state index in [2.05, 4.69) is 14.1 Å². The standard InChI is InChI=1S/C17H17F3N4O3S/c1-27-16(26)14-6-12(22-15(25)13-7-21-28-23-13)9-24(14)8-10-3-2-4-11(5-10)17(18,19)20/h2-5,7,12,14H,6,8-9H2,1H3,(H,22,25)/t12-,14+/m1/s1. The monoisotopic (exact) mass is 414 g/mol. The number of nitrogens with one attached hydrogen (secondary N) is 1. The first kappa shape index (κ1) is 20.2. The lowest BCUT2D eigenvalue weighted by Gasteiger charge is -2.22. The van der Waals surface area contributed by atoms with Crippen molar-refractivity contribution >= 4 is 23.6 Å². The molecule has 0 saturated carbocycles. The first-order valence-corrected chi connectivity index (χ1v) is 9.07. The van der Waals surface area contributed by atoms with Gasteiger partial charge in [-0.25, -0.2) is 0 Å². The number of hydrogen-bond acceptors (Lipinski definition) is 7. The maximum atomic E-state index is 12.9. The predicted octanol–water partition coefficient (Wildman–Crippen LogP) is 2.10. The van der Waals surface area contributed by atoms with Crippen molar-refractivity contribution in [2.75, 3.05) is 13.7 Å². The second-order valence-corrected chi connectivity index (χ2v) is 6.92. The van der Waals surface area contributed by atoms with Gasteiger partial charge >= 0.3 is 12.1 Å². The fourth-order valence-electron chi connectivity index (χ4n) is 3.17. The summed E-state index contributed by atoms with van der Waals surface area (Å²) in [6.07, 6.45) is -2.82. The van der Waals surface area contributed by atoms with Crippen LogP contribution in [0.5, 0.6) is 0 Å². The van der Waals surface area contributed by atoms with Crippen molar-refractivity contribution in [1.29, 1.82) is 0 Å². The van der Waals surface area contributed by atoms with Gasteiger partial charge in [0.15, 0.2) is 5.69 Å². The highest BCUT2D eigenvalue weighted by Gasteiger charge is 2.38. The predicted molar refractivity (Wildman–Crippen MR) is 93.4 cm³/mol. The Labute approximate surface area is 162 Å². The Morgan fingerprint density at radius 3 is 2.82 bits per heavy atom. The number of hydrogen-bond donors (Lipinski definition) is 1. The second-order valence-electron chi connectivity index (χ2n) is 6.37. The van der Waals surface area contributed by atoms with E-state index in [1.807, 2.05) is 0 Å². The zero-order valence-corrected chi connectivity index (χ0v) is 15.6. The van der Waals surface area contributed by atoms with Gasteiger partial charge in [0.1, 0.15) is 6.04 Å². The molecule has 1 aliphatic heterocycles. The summed E-state index contributed by atoms with van der Waals surface area (Å²) >= 11 is 0.903. The highest BCUT2D eigenvalue weighted by atomic mass is 32.1. The Hall–Kier alpha value is -2.53. The van der Waals surface area contributed by atoms with E-state index in [-0.39, 0.29) is 24.7 Å². The number of ether oxygens (including phenoxy) is 1. The summed E-state index contributed by atoms with van der Waals surface area (Å²) in [5.41, 5.74) is -0.157. The Kier molecular flexibility index (Phi) is 5.94. The van der Waals surface area contributed by atoms with E-state index in [4.69, 9.17) is 4.74 Å². The molecule has 1 aliphatic rings. The van der Waals surface area contributed by atoms with Crippen LogP contribution in [0.2, 0.25) is 0 Å². The number of amides is 1. The average molecular weight is 414 g/mol. The van der Waals surface area contributed by atoms with Crippen molar-refractivity contribution in [3.8, 4) is 0 Å². The van der Waals surface area contributed by atoms with Crippen LogP contribution in [0, 0.1) is 0 Å². The summed E-state index contributed by atoms with van der Waals surface area (Å²) in [5, 5.41) is 2.78. The summed E-state index contributed by atoms with van der Waals surface area (Å²) in [6.45, 7) is 0.410. The van der Waals surface area contributed by atoms with Crippen LogP contribution >= 0.6 is 11.7 Å². The molecule has 1 aromatic heterocycles. The molecule has 2 heterocycles. The molecule has 0 aliphatic carbocycles. The Bertz CT molecular complexity index is 844. The van der Waals surface area contributed by atoms with Crippen LogP contribution in [-0.2, 0) is 22.3 Å². The zero-order chi connectivity index (χ0) is 20.3. The van der Waals surface area contributed by atoms with Crippen molar-refractivity contribution in [3.63, 3.8) is 0 Å². The van der Waals surface area contributed by atoms with Crippen LogP contribution < -0.4 is 5.32 Å². The molecular formula is C17H17F3N4O3S. The maximum Gasteiger partial charge on any atom is 0.416 e. The lowest BCUT2D eigenvalue weighted by Crippen LogP contribution is -2.37. The van der Waals surface area contributed by atoms with Crippen LogP contribution in [0.25, 0.3) is 0 Å². The van der Waals surface area contributed by atoms with Gasteiger partial charge in [-0.15, -0.1) is 0 Å². The van der Waals surface area contributed by atoms with Gasteiger partial charge in [-0.3, -0.25) is 14.5 Å². The Balaban J connectivity index is 1.73. The maximum absolute atomic E-state index is 12.9. The van der Waals surface area contributed by atoms with Crippen LogP contribution in [0.15, 0.2) is 30.5 Å². The van der Waals surface area contributed by atoms with Gasteiger partial charge in [0.05, 0.1) is 30.6 Å². The van der Waals surface area contributed by atoms with E-state index in [1.165, 1.54) is 19.4 Å². The molecule has 1 amide bonds. The lowest BCUT2D eigenvalue weighted by atomic mass is 10.1. The molecule has 1 fully saturated rings. The van der Waals surface area contributed by atoms with Crippen LogP contribution in [-0.4, -0.2) is 51.3 Å². The number of carbonyl (C=O) groups is 2. The van der Waals surface area contributed by atoms with Crippen molar-refractivity contribution in [3.05, 3.63) is 47.3 Å². The van der Waals surface area contributed by atoms with Crippen molar-refractivity contribution in [2.24, 2.45) is 0 Å². The third kappa shape index (κ3) is 4.65. The molecule has 1 saturated heterocycles. The van der Waals surface area contributed by atoms with Gasteiger partial charge < -0.3 is 10.1 Å². The third-order valence-electron chi connectivity index (χ3n) is 4.45. The summed E-state index contributed by atoms with van der Waals surface area (Å²) < 4.78 is 51.2. The normalized spacial score (nSPS) is 20.1. The molecule has 7 nitrogen and oxygen atoms in total. The van der Waals surface area contributed by atoms with Crippen LogP contribution in [0.1, 0.15) is 28.0 Å². The summed E-state index contributed by atoms with van der Waals surface area (Å²) in [7, 11) is 1.25. The molecule has 0 bridgehead atoms. The van der Waals surface area contributed by atoms with Crippen molar-refractivity contribution in [1.82, 2.24) is 19.0 Å². The van der Waals surface area contributed by atoms with Crippen LogP contribution in [0.4, 0.5) is 13.2 Å². The minimum atomic E-state index is -4.44. The van der Waals surface area contributed by atoms with Crippen LogP contribution in [0.3, 0.4) is 0 Å². The smallest absolute Gasteiger partial charge is 0.416 e. The second kappa shape index (κ2) is 8.23. The van der Waals surface area contributed by atoms with Gasteiger partial charge in [-0.05, 0) is 18.1 Å². The molecule has 0 unspecified atom stereocenters. The fraction of sp³-hybridized carbons (Fsp3) is 0.412. The number of esters is 1. The van der Waals surface area contributed by atoms with Gasteiger partial charge in [0.25, 0.3) is 5.91 Å². The average Bonchev–Trinajstić information content (AvgIpc) is 3.31. The topological polar surface area (TPSA) is 84.4 Å². The summed E-state index contributed by atoms with van der Waals surface area (Å²) in [4.78, 5) is 26.0. The van der Waals surface area contributed by atoms with E-state index in [0.717, 1.165) is 23.9 Å². The molecule has 28 heavy (non-hydrogen) atoms. The molecule has 0 spiro atoms. The number of aromatic nitrogens is 2. The van der Waals surface area contributed by atoms with Crippen molar-refractivity contribution in [2.45, 2.75) is 31.2 Å². The highest BCUT2D eigenvalue weighted by Crippen LogP contribution is 2.30. The molecule has 2 aromatic rings. The molecule has 3 rings (SSSR count). The number of rotatable bonds is 5. The summed E-state index contributed by atoms with van der Waals surface area (Å²) in [6, 6.07) is 3.91. The minimum Gasteiger partial charge on any atom is -0.468 e. The molecule has 150 valence electrons. The SMILES string of the molecule is COC(=O)[C@@H]1C[C@@H](NC(=O)c2cnsn2)CN1Cc1cccc(C(F)(F)F)c1. The van der Waals surface area contributed by atoms with E-state index < -0.39 is 29.7 Å². The van der Waals surface area contributed by atoms with Gasteiger partial charge in [0, 0.05) is 19.1 Å². The van der Waals surface area contributed by atoms with Gasteiger partial charge in [-0.1, -0.05) is 18.2 Å². The number of carbonyl (C=O) groups excluding carboxylic acids is 2. The first-order valence-electron chi connectivity index (χ1n) is 8.34. The molecule has 1 N–H and O–H groups in total.